The van der Waals surface area contributed by atoms with Gasteiger partial charge in [-0.2, -0.15) is 0 Å². The van der Waals surface area contributed by atoms with Crippen LogP contribution >= 0.6 is 0 Å². The van der Waals surface area contributed by atoms with Gasteiger partial charge < -0.3 is 0 Å². The van der Waals surface area contributed by atoms with Crippen molar-refractivity contribution >= 4 is 0 Å². The summed E-state index contributed by atoms with van der Waals surface area (Å²) in [7, 11) is 0. The summed E-state index contributed by atoms with van der Waals surface area (Å²) in [5.41, 5.74) is 0. The van der Waals surface area contributed by atoms with Gasteiger partial charge in [0.1, 0.15) is 0 Å². The predicted molar refractivity (Wildman–Crippen MR) is 20.2 cm³/mol. The van der Waals surface area contributed by atoms with Crippen molar-refractivity contribution in [2.75, 3.05) is 0 Å². The Kier molecular flexibility index (Phi) is 1470. The normalized spacial score (nSPS) is 0. The van der Waals surface area contributed by atoms with Gasteiger partial charge in [-0.3, -0.25) is 0 Å². The third kappa shape index (κ3) is 114. The van der Waals surface area contributed by atoms with Gasteiger partial charge in [0.05, 0.1) is 0 Å². The Balaban J connectivity index is 0. The Bertz CT molecular complexity index is 10.1. The largest absolute Gasteiger partial charge is 0.0776 e. The van der Waals surface area contributed by atoms with E-state index >= 15 is 0 Å². The third-order valence-electron chi connectivity index (χ3n) is 0. The molecule has 0 aromatic rings. The quantitative estimate of drug-likeness (QED) is 0.349. The van der Waals surface area contributed by atoms with Crippen molar-refractivity contribution in [1.82, 2.24) is 0 Å². The second kappa shape index (κ2) is 127. The van der Waals surface area contributed by atoms with Gasteiger partial charge in [-0.25, -0.2) is 0 Å². The zero-order chi connectivity index (χ0) is 0. The van der Waals surface area contributed by atoms with Crippen LogP contribution < -0.4 is 0 Å². The fraction of sp³-hybridized carbons (Fsp3) is 1.00. The van der Waals surface area contributed by atoms with Crippen molar-refractivity contribution in [2.45, 2.75) is 22.3 Å². The van der Waals surface area contributed by atoms with Gasteiger partial charge in [-0.1, -0.05) is 22.3 Å². The summed E-state index contributed by atoms with van der Waals surface area (Å²) in [5.74, 6) is 0. The molecule has 10 heteroatoms. The Labute approximate surface area is 227 Å². The molecule has 0 heterocycles. The van der Waals surface area contributed by atoms with Gasteiger partial charge in [0.2, 0.25) is 0 Å². The van der Waals surface area contributed by atoms with Crippen molar-refractivity contribution < 1.29 is 211 Å². The molecular formula is C3H12W10. The molecular weight excluding hydrogens is 1870 g/mol. The van der Waals surface area contributed by atoms with Crippen LogP contribution in [0, 0.1) is 0 Å². The van der Waals surface area contributed by atoms with Crippen LogP contribution in [0.3, 0.4) is 0 Å². The third-order valence-corrected chi connectivity index (χ3v) is 0. The zero-order valence-corrected chi connectivity index (χ0v) is 33.4. The molecule has 0 spiro atoms. The minimum absolute atomic E-state index is 0. The van der Waals surface area contributed by atoms with Gasteiger partial charge in [0, 0.05) is 211 Å². The second-order valence-electron chi connectivity index (χ2n) is 0. The summed E-state index contributed by atoms with van der Waals surface area (Å²) < 4.78 is 0. The van der Waals surface area contributed by atoms with Crippen molar-refractivity contribution in [3.05, 3.63) is 0 Å². The molecule has 0 N–H and O–H groups in total. The Hall–Kier alpha value is 6.88. The van der Waals surface area contributed by atoms with Crippen LogP contribution in [0.5, 0.6) is 0 Å². The van der Waals surface area contributed by atoms with Crippen LogP contribution in [0.2, 0.25) is 0 Å². The van der Waals surface area contributed by atoms with E-state index < -0.39 is 0 Å². The molecule has 0 nitrogen and oxygen atoms in total. The summed E-state index contributed by atoms with van der Waals surface area (Å²) in [6.07, 6.45) is 0. The van der Waals surface area contributed by atoms with Crippen molar-refractivity contribution in [3.8, 4) is 0 Å². The van der Waals surface area contributed by atoms with E-state index in [0.29, 0.717) is 0 Å². The summed E-state index contributed by atoms with van der Waals surface area (Å²) in [4.78, 5) is 0. The molecule has 0 amide bonds. The summed E-state index contributed by atoms with van der Waals surface area (Å²) in [6.45, 7) is 0. The predicted octanol–water partition coefficient (Wildman–Crippen LogP) is 1.88. The maximum absolute atomic E-state index is 0. The Morgan fingerprint density at radius 3 is 0.154 bits per heavy atom. The second-order valence-corrected chi connectivity index (χ2v) is 0. The minimum atomic E-state index is 0. The van der Waals surface area contributed by atoms with Gasteiger partial charge >= 0.3 is 0 Å². The summed E-state index contributed by atoms with van der Waals surface area (Å²) in [5, 5.41) is 0. The molecule has 0 saturated carbocycles. The van der Waals surface area contributed by atoms with Gasteiger partial charge in [-0.15, -0.1) is 0 Å². The Morgan fingerprint density at radius 2 is 0.154 bits per heavy atom. The van der Waals surface area contributed by atoms with E-state index in [4.69, 9.17) is 0 Å². The molecule has 13 heavy (non-hydrogen) atoms. The monoisotopic (exact) mass is 1890 g/mol. The molecule has 0 fully saturated rings. The van der Waals surface area contributed by atoms with E-state index in [0.717, 1.165) is 0 Å². The molecule has 0 bridgehead atoms. The standard InChI is InChI=1S/3CH4.10W/h3*1H4;;;;;;;;;;. The van der Waals surface area contributed by atoms with Crippen LogP contribution in [0.15, 0.2) is 0 Å². The first-order valence-electron chi connectivity index (χ1n) is 0. The molecule has 0 atom stereocenters. The molecule has 0 radical (unpaired) electrons. The number of hydrogen-bond acceptors (Lipinski definition) is 0. The van der Waals surface area contributed by atoms with E-state index in [1.165, 1.54) is 0 Å². The van der Waals surface area contributed by atoms with Crippen molar-refractivity contribution in [3.63, 3.8) is 0 Å². The van der Waals surface area contributed by atoms with E-state index in [1.54, 1.807) is 0 Å². The summed E-state index contributed by atoms with van der Waals surface area (Å²) >= 11 is 0. The molecule has 0 aromatic heterocycles. The van der Waals surface area contributed by atoms with Crippen molar-refractivity contribution in [1.29, 1.82) is 0 Å². The van der Waals surface area contributed by atoms with Crippen molar-refractivity contribution in [2.24, 2.45) is 0 Å². The van der Waals surface area contributed by atoms with Crippen LogP contribution in [0.25, 0.3) is 0 Å². The van der Waals surface area contributed by atoms with Crippen LogP contribution in [-0.4, -0.2) is 0 Å². The average Bonchev–Trinajstić information content (AvgIpc) is 0. The van der Waals surface area contributed by atoms with E-state index in [2.05, 4.69) is 0 Å². The molecule has 0 unspecified atom stereocenters. The maximum Gasteiger partial charge on any atom is 0 e. The van der Waals surface area contributed by atoms with Gasteiger partial charge in [-0.05, 0) is 0 Å². The first-order chi connectivity index (χ1) is 0. The smallest absolute Gasteiger partial charge is 0 e. The van der Waals surface area contributed by atoms with E-state index in [-0.39, 0.29) is 233 Å². The molecule has 0 aliphatic rings. The van der Waals surface area contributed by atoms with Crippen LogP contribution in [0.4, 0.5) is 0 Å². The molecule has 0 aliphatic heterocycles. The maximum atomic E-state index is 0. The molecule has 84 valence electrons. The SMILES string of the molecule is C.C.C.[W].[W].[W].[W].[W].[W].[W].[W].[W].[W]. The molecule has 0 aliphatic carbocycles. The van der Waals surface area contributed by atoms with E-state index in [1.807, 2.05) is 0 Å². The first-order valence-corrected chi connectivity index (χ1v) is 0. The molecule has 0 rings (SSSR count). The zero-order valence-electron chi connectivity index (χ0n) is 4.08. The first kappa shape index (κ1) is 150. The molecule has 0 saturated heterocycles. The van der Waals surface area contributed by atoms with Gasteiger partial charge in [0.25, 0.3) is 0 Å². The topological polar surface area (TPSA) is 0 Å². The number of rotatable bonds is 0. The van der Waals surface area contributed by atoms with Crippen LogP contribution in [0.1, 0.15) is 22.3 Å². The summed E-state index contributed by atoms with van der Waals surface area (Å²) in [6, 6.07) is 0. The van der Waals surface area contributed by atoms with E-state index in [9.17, 15) is 0 Å². The fourth-order valence-electron chi connectivity index (χ4n) is 0. The minimum Gasteiger partial charge on any atom is -0.0776 e. The Morgan fingerprint density at radius 1 is 0.154 bits per heavy atom. The number of hydrogen-bond donors (Lipinski definition) is 0. The molecule has 0 aromatic carbocycles. The fourth-order valence-corrected chi connectivity index (χ4v) is 0. The average molecular weight is 1890 g/mol. The van der Waals surface area contributed by atoms with Crippen LogP contribution in [-0.2, 0) is 211 Å². The van der Waals surface area contributed by atoms with Gasteiger partial charge in [0.15, 0.2) is 0 Å².